The van der Waals surface area contributed by atoms with Gasteiger partial charge >= 0.3 is 0 Å². The van der Waals surface area contributed by atoms with Gasteiger partial charge in [-0.2, -0.15) is 0 Å². The molecule has 17 heavy (non-hydrogen) atoms. The average Bonchev–Trinajstić information content (AvgIpc) is 2.28. The fourth-order valence-corrected chi connectivity index (χ4v) is 1.84. The number of rotatable bonds is 6. The smallest absolute Gasteiger partial charge is 0.0638 e. The minimum Gasteiger partial charge on any atom is -0.398 e. The zero-order valence-electron chi connectivity index (χ0n) is 10.7. The van der Waals surface area contributed by atoms with Crippen LogP contribution in [0.5, 0.6) is 0 Å². The van der Waals surface area contributed by atoms with Crippen molar-refractivity contribution in [1.29, 1.82) is 0 Å². The lowest BCUT2D eigenvalue weighted by molar-refractivity contribution is 0.125. The van der Waals surface area contributed by atoms with E-state index in [-0.39, 0.29) is 0 Å². The molecular weight excluding hydrogens is 236 g/mol. The maximum absolute atomic E-state index is 6.01. The second kappa shape index (κ2) is 6.84. The summed E-state index contributed by atoms with van der Waals surface area (Å²) < 4.78 is 5.12. The number of hydrogen-bond donors (Lipinski definition) is 1. The van der Waals surface area contributed by atoms with E-state index in [2.05, 4.69) is 18.7 Å². The molecule has 0 heterocycles. The summed E-state index contributed by atoms with van der Waals surface area (Å²) in [5, 5.41) is 0.623. The molecule has 0 radical (unpaired) electrons. The Bertz CT molecular complexity index is 355. The number of hydrogen-bond acceptors (Lipinski definition) is 3. The van der Waals surface area contributed by atoms with Crippen LogP contribution in [0.1, 0.15) is 19.4 Å². The van der Waals surface area contributed by atoms with E-state index in [0.717, 1.165) is 19.7 Å². The highest BCUT2D eigenvalue weighted by Gasteiger charge is 2.10. The summed E-state index contributed by atoms with van der Waals surface area (Å²) in [5.74, 6) is 0. The van der Waals surface area contributed by atoms with Gasteiger partial charge in [-0.05, 0) is 31.5 Å². The highest BCUT2D eigenvalue weighted by atomic mass is 35.5. The summed E-state index contributed by atoms with van der Waals surface area (Å²) in [6, 6.07) is 6.27. The van der Waals surface area contributed by atoms with Crippen molar-refractivity contribution in [2.24, 2.45) is 0 Å². The molecule has 0 aromatic heterocycles. The summed E-state index contributed by atoms with van der Waals surface area (Å²) in [6.07, 6.45) is 0. The van der Waals surface area contributed by atoms with Gasteiger partial charge in [0.25, 0.3) is 0 Å². The molecule has 0 spiro atoms. The van der Waals surface area contributed by atoms with E-state index >= 15 is 0 Å². The summed E-state index contributed by atoms with van der Waals surface area (Å²) in [6.45, 7) is 6.86. The minimum absolute atomic E-state index is 0.474. The summed E-state index contributed by atoms with van der Waals surface area (Å²) in [7, 11) is 1.72. The lowest BCUT2D eigenvalue weighted by atomic mass is 10.1. The van der Waals surface area contributed by atoms with Crippen LogP contribution < -0.4 is 5.73 Å². The predicted molar refractivity (Wildman–Crippen MR) is 73.3 cm³/mol. The molecular formula is C13H21ClN2O. The molecule has 0 atom stereocenters. The quantitative estimate of drug-likeness (QED) is 0.796. The van der Waals surface area contributed by atoms with Crippen LogP contribution in [0.4, 0.5) is 5.69 Å². The molecule has 3 nitrogen and oxygen atoms in total. The van der Waals surface area contributed by atoms with Gasteiger partial charge in [-0.15, -0.1) is 0 Å². The number of methoxy groups -OCH3 is 1. The molecule has 1 aromatic rings. The van der Waals surface area contributed by atoms with E-state index in [4.69, 9.17) is 22.1 Å². The summed E-state index contributed by atoms with van der Waals surface area (Å²) >= 11 is 6.01. The highest BCUT2D eigenvalue weighted by molar-refractivity contribution is 6.33. The number of nitrogens with zero attached hydrogens (tertiary/aromatic N) is 1. The topological polar surface area (TPSA) is 38.5 Å². The minimum atomic E-state index is 0.474. The van der Waals surface area contributed by atoms with E-state index < -0.39 is 0 Å². The SMILES string of the molecule is COCCN(Cc1ccc(N)c(Cl)c1)C(C)C. The number of anilines is 1. The average molecular weight is 257 g/mol. The number of halogens is 1. The number of ether oxygens (including phenoxy) is 1. The Kier molecular flexibility index (Phi) is 5.75. The fraction of sp³-hybridized carbons (Fsp3) is 0.538. The third kappa shape index (κ3) is 4.54. The van der Waals surface area contributed by atoms with Crippen LogP contribution in [-0.4, -0.2) is 31.2 Å². The van der Waals surface area contributed by atoms with E-state index in [9.17, 15) is 0 Å². The van der Waals surface area contributed by atoms with Crippen molar-refractivity contribution in [1.82, 2.24) is 4.90 Å². The predicted octanol–water partition coefficient (Wildman–Crippen LogP) is 2.78. The normalized spacial score (nSPS) is 11.4. The second-order valence-corrected chi connectivity index (χ2v) is 4.82. The van der Waals surface area contributed by atoms with Crippen LogP contribution >= 0.6 is 11.6 Å². The molecule has 4 heteroatoms. The van der Waals surface area contributed by atoms with Crippen LogP contribution in [0.15, 0.2) is 18.2 Å². The largest absolute Gasteiger partial charge is 0.398 e. The maximum atomic E-state index is 6.01. The van der Waals surface area contributed by atoms with Crippen LogP contribution in [0.3, 0.4) is 0 Å². The summed E-state index contributed by atoms with van der Waals surface area (Å²) in [5.41, 5.74) is 7.50. The first-order valence-corrected chi connectivity index (χ1v) is 6.19. The van der Waals surface area contributed by atoms with E-state index in [1.165, 1.54) is 5.56 Å². The van der Waals surface area contributed by atoms with Gasteiger partial charge in [-0.1, -0.05) is 17.7 Å². The number of nitrogens with two attached hydrogens (primary N) is 1. The number of nitrogen functional groups attached to an aromatic ring is 1. The molecule has 0 saturated heterocycles. The van der Waals surface area contributed by atoms with Crippen molar-refractivity contribution in [3.8, 4) is 0 Å². The zero-order valence-corrected chi connectivity index (χ0v) is 11.5. The Morgan fingerprint density at radius 2 is 2.12 bits per heavy atom. The molecule has 0 aliphatic rings. The van der Waals surface area contributed by atoms with E-state index in [1.54, 1.807) is 7.11 Å². The van der Waals surface area contributed by atoms with Crippen LogP contribution in [-0.2, 0) is 11.3 Å². The Morgan fingerprint density at radius 3 is 2.65 bits per heavy atom. The van der Waals surface area contributed by atoms with Gasteiger partial charge in [0.15, 0.2) is 0 Å². The highest BCUT2D eigenvalue weighted by Crippen LogP contribution is 2.21. The Hall–Kier alpha value is -0.770. The number of benzene rings is 1. The molecule has 2 N–H and O–H groups in total. The van der Waals surface area contributed by atoms with Gasteiger partial charge in [0.1, 0.15) is 0 Å². The van der Waals surface area contributed by atoms with Crippen LogP contribution in [0.25, 0.3) is 0 Å². The van der Waals surface area contributed by atoms with Gasteiger partial charge in [0.05, 0.1) is 17.3 Å². The molecule has 0 fully saturated rings. The van der Waals surface area contributed by atoms with E-state index in [0.29, 0.717) is 16.8 Å². The van der Waals surface area contributed by atoms with Gasteiger partial charge in [0.2, 0.25) is 0 Å². The van der Waals surface area contributed by atoms with Crippen molar-refractivity contribution in [2.75, 3.05) is 26.0 Å². The summed E-state index contributed by atoms with van der Waals surface area (Å²) in [4.78, 5) is 2.34. The van der Waals surface area contributed by atoms with Crippen molar-refractivity contribution in [3.63, 3.8) is 0 Å². The fourth-order valence-electron chi connectivity index (χ4n) is 1.63. The molecule has 0 aliphatic heterocycles. The van der Waals surface area contributed by atoms with Gasteiger partial charge in [-0.25, -0.2) is 0 Å². The Balaban J connectivity index is 2.68. The van der Waals surface area contributed by atoms with Gasteiger partial charge < -0.3 is 10.5 Å². The molecule has 0 bridgehead atoms. The Labute approximate surface area is 109 Å². The first kappa shape index (κ1) is 14.3. The monoisotopic (exact) mass is 256 g/mol. The lowest BCUT2D eigenvalue weighted by Gasteiger charge is -2.26. The Morgan fingerprint density at radius 1 is 1.41 bits per heavy atom. The van der Waals surface area contributed by atoms with Crippen LogP contribution in [0, 0.1) is 0 Å². The zero-order chi connectivity index (χ0) is 12.8. The van der Waals surface area contributed by atoms with Crippen molar-refractivity contribution in [2.45, 2.75) is 26.4 Å². The third-order valence-corrected chi connectivity index (χ3v) is 3.09. The molecule has 1 rings (SSSR count). The molecule has 96 valence electrons. The first-order chi connectivity index (χ1) is 8.04. The second-order valence-electron chi connectivity index (χ2n) is 4.41. The van der Waals surface area contributed by atoms with Crippen molar-refractivity contribution >= 4 is 17.3 Å². The van der Waals surface area contributed by atoms with E-state index in [1.807, 2.05) is 18.2 Å². The maximum Gasteiger partial charge on any atom is 0.0638 e. The molecule has 0 amide bonds. The standard InChI is InChI=1S/C13H21ClN2O/c1-10(2)16(6-7-17-3)9-11-4-5-13(15)12(14)8-11/h4-5,8,10H,6-7,9,15H2,1-3H3. The van der Waals surface area contributed by atoms with Gasteiger partial charge in [0, 0.05) is 26.2 Å². The van der Waals surface area contributed by atoms with Gasteiger partial charge in [-0.3, -0.25) is 4.90 Å². The van der Waals surface area contributed by atoms with Crippen molar-refractivity contribution < 1.29 is 4.74 Å². The molecule has 0 saturated carbocycles. The third-order valence-electron chi connectivity index (χ3n) is 2.76. The van der Waals surface area contributed by atoms with Crippen molar-refractivity contribution in [3.05, 3.63) is 28.8 Å². The molecule has 1 aromatic carbocycles. The first-order valence-electron chi connectivity index (χ1n) is 5.81. The molecule has 0 aliphatic carbocycles. The molecule has 0 unspecified atom stereocenters. The van der Waals surface area contributed by atoms with Crippen LogP contribution in [0.2, 0.25) is 5.02 Å². The lowest BCUT2D eigenvalue weighted by Crippen LogP contribution is -2.33.